The third-order valence-corrected chi connectivity index (χ3v) is 9.34. The number of rotatable bonds is 0. The second-order valence-electron chi connectivity index (χ2n) is 14.4. The molecule has 1 aliphatic heterocycles. The zero-order valence-corrected chi connectivity index (χ0v) is 34.0. The van der Waals surface area contributed by atoms with Gasteiger partial charge < -0.3 is 39.4 Å². The highest BCUT2D eigenvalue weighted by molar-refractivity contribution is 5.87. The molecular formula is C46H56N4O8. The molecule has 0 atom stereocenters. The number of aromatic hydroxyl groups is 4. The lowest BCUT2D eigenvalue weighted by Crippen LogP contribution is -2.09. The topological polar surface area (TPSA) is 167 Å². The van der Waals surface area contributed by atoms with E-state index in [0.717, 1.165) is 22.3 Å². The fourth-order valence-corrected chi connectivity index (χ4v) is 6.64. The normalized spacial score (nSPS) is 16.1. The van der Waals surface area contributed by atoms with Crippen LogP contribution in [0.2, 0.25) is 0 Å². The molecule has 0 aliphatic carbocycles. The van der Waals surface area contributed by atoms with Gasteiger partial charge in [-0.1, -0.05) is 24.3 Å². The van der Waals surface area contributed by atoms with Crippen molar-refractivity contribution >= 4 is 24.9 Å². The first-order chi connectivity index (χ1) is 28.1. The van der Waals surface area contributed by atoms with Gasteiger partial charge in [0.25, 0.3) is 0 Å². The van der Waals surface area contributed by atoms with Crippen LogP contribution in [0.25, 0.3) is 0 Å². The Kier molecular flexibility index (Phi) is 17.0. The number of aryl methyl sites for hydroxylation is 4. The highest BCUT2D eigenvalue weighted by Gasteiger charge is 2.15. The van der Waals surface area contributed by atoms with Crippen LogP contribution in [0.15, 0.2) is 68.5 Å². The van der Waals surface area contributed by atoms with Gasteiger partial charge in [-0.2, -0.15) is 0 Å². The van der Waals surface area contributed by atoms with E-state index in [2.05, 4.69) is 20.0 Å². The molecule has 4 aromatic rings. The van der Waals surface area contributed by atoms with E-state index < -0.39 is 0 Å². The Morgan fingerprint density at radius 3 is 0.793 bits per heavy atom. The summed E-state index contributed by atoms with van der Waals surface area (Å²) >= 11 is 0. The number of nitrogens with zero attached hydrogens (tertiary/aromatic N) is 4. The van der Waals surface area contributed by atoms with E-state index in [9.17, 15) is 20.4 Å². The van der Waals surface area contributed by atoms with Crippen molar-refractivity contribution in [1.29, 1.82) is 0 Å². The van der Waals surface area contributed by atoms with Gasteiger partial charge in [0, 0.05) is 60.0 Å². The van der Waals surface area contributed by atoms with E-state index in [1.54, 1.807) is 24.9 Å². The number of phenols is 4. The second kappa shape index (κ2) is 22.5. The Hall–Kier alpha value is -5.40. The summed E-state index contributed by atoms with van der Waals surface area (Å²) in [6.07, 6.45) is 7.25. The molecule has 308 valence electrons. The Bertz CT molecular complexity index is 1810. The third-order valence-electron chi connectivity index (χ3n) is 9.34. The average molecular weight is 793 g/mol. The molecule has 0 unspecified atom stereocenters. The van der Waals surface area contributed by atoms with Crippen molar-refractivity contribution in [3.05, 3.63) is 115 Å². The number of hydrogen-bond acceptors (Lipinski definition) is 12. The fraction of sp³-hybridized carbons (Fsp3) is 0.391. The Labute approximate surface area is 341 Å². The average Bonchev–Trinajstić information content (AvgIpc) is 3.18. The van der Waals surface area contributed by atoms with Crippen LogP contribution < -0.4 is 0 Å². The summed E-state index contributed by atoms with van der Waals surface area (Å²) in [5.41, 5.74) is 8.99. The smallest absolute Gasteiger partial charge is 0.127 e. The van der Waals surface area contributed by atoms with Crippen molar-refractivity contribution < 1.29 is 39.4 Å². The monoisotopic (exact) mass is 792 g/mol. The molecule has 58 heavy (non-hydrogen) atoms. The van der Waals surface area contributed by atoms with Crippen LogP contribution >= 0.6 is 0 Å². The largest absolute Gasteiger partial charge is 0.507 e. The van der Waals surface area contributed by atoms with Gasteiger partial charge in [-0.05, 0) is 96.5 Å². The third kappa shape index (κ3) is 13.3. The van der Waals surface area contributed by atoms with Crippen LogP contribution in [-0.2, 0) is 31.8 Å². The quantitative estimate of drug-likeness (QED) is 0.159. The fourth-order valence-electron chi connectivity index (χ4n) is 6.64. The SMILES string of the molecule is Cc1cc2c(O)c(c1)Cc1cc(C)cc(c1O)C=NCCOCCOCCN=Cc1cc(C)cc(c1O)Cc1cc(C)cc(c1O)C=NCCOCCOCCN=C2. The molecule has 4 aromatic carbocycles. The summed E-state index contributed by atoms with van der Waals surface area (Å²) in [4.78, 5) is 17.9. The van der Waals surface area contributed by atoms with Gasteiger partial charge >= 0.3 is 0 Å². The van der Waals surface area contributed by atoms with Gasteiger partial charge in [-0.3, -0.25) is 20.0 Å². The van der Waals surface area contributed by atoms with E-state index in [-0.39, 0.29) is 23.0 Å². The highest BCUT2D eigenvalue weighted by Crippen LogP contribution is 2.32. The molecule has 0 aromatic heterocycles. The van der Waals surface area contributed by atoms with Crippen LogP contribution in [-0.4, -0.2) is 124 Å². The Balaban J connectivity index is 1.25. The number of fused-ring (bicyclic) bond motifs is 8. The lowest BCUT2D eigenvalue weighted by Gasteiger charge is -2.13. The van der Waals surface area contributed by atoms with Crippen molar-refractivity contribution in [2.24, 2.45) is 20.0 Å². The molecule has 0 saturated heterocycles. The van der Waals surface area contributed by atoms with E-state index in [4.69, 9.17) is 18.9 Å². The van der Waals surface area contributed by atoms with E-state index >= 15 is 0 Å². The molecule has 0 spiro atoms. The first kappa shape index (κ1) is 43.7. The number of hydrogen-bond donors (Lipinski definition) is 4. The van der Waals surface area contributed by atoms with Crippen LogP contribution in [0.1, 0.15) is 66.8 Å². The predicted octanol–water partition coefficient (Wildman–Crippen LogP) is 6.38. The molecule has 0 saturated carbocycles. The number of phenolic OH excluding ortho intramolecular Hbond substituents is 4. The molecule has 1 aliphatic rings. The van der Waals surface area contributed by atoms with E-state index in [1.165, 1.54) is 0 Å². The van der Waals surface area contributed by atoms with Gasteiger partial charge in [-0.15, -0.1) is 0 Å². The minimum atomic E-state index is 0.119. The summed E-state index contributed by atoms with van der Waals surface area (Å²) in [6.45, 7) is 12.6. The molecule has 5 rings (SSSR count). The lowest BCUT2D eigenvalue weighted by atomic mass is 9.96. The van der Waals surface area contributed by atoms with Gasteiger partial charge in [0.15, 0.2) is 0 Å². The summed E-state index contributed by atoms with van der Waals surface area (Å²) < 4.78 is 22.7. The zero-order chi connectivity index (χ0) is 41.3. The van der Waals surface area contributed by atoms with Crippen LogP contribution in [0, 0.1) is 27.7 Å². The molecule has 12 heteroatoms. The molecule has 12 nitrogen and oxygen atoms in total. The Morgan fingerprint density at radius 2 is 0.569 bits per heavy atom. The van der Waals surface area contributed by atoms with Crippen LogP contribution in [0.5, 0.6) is 23.0 Å². The summed E-state index contributed by atoms with van der Waals surface area (Å²) in [5, 5.41) is 44.6. The van der Waals surface area contributed by atoms with Gasteiger partial charge in [0.2, 0.25) is 0 Å². The zero-order valence-electron chi connectivity index (χ0n) is 34.0. The second-order valence-corrected chi connectivity index (χ2v) is 14.4. The maximum Gasteiger partial charge on any atom is 0.127 e. The summed E-state index contributed by atoms with van der Waals surface area (Å²) in [7, 11) is 0. The molecule has 0 fully saturated rings. The van der Waals surface area contributed by atoms with Crippen molar-refractivity contribution in [3.63, 3.8) is 0 Å². The van der Waals surface area contributed by atoms with Crippen molar-refractivity contribution in [3.8, 4) is 23.0 Å². The van der Waals surface area contributed by atoms with Crippen molar-refractivity contribution in [1.82, 2.24) is 0 Å². The maximum absolute atomic E-state index is 11.1. The van der Waals surface area contributed by atoms with Crippen molar-refractivity contribution in [2.75, 3.05) is 79.0 Å². The van der Waals surface area contributed by atoms with Gasteiger partial charge in [-0.25, -0.2) is 0 Å². The first-order valence-electron chi connectivity index (χ1n) is 19.7. The molecule has 0 radical (unpaired) electrons. The lowest BCUT2D eigenvalue weighted by molar-refractivity contribution is 0.0541. The minimum absolute atomic E-state index is 0.119. The summed E-state index contributed by atoms with van der Waals surface area (Å²) in [5.74, 6) is 0.477. The molecule has 0 amide bonds. The first-order valence-corrected chi connectivity index (χ1v) is 19.7. The van der Waals surface area contributed by atoms with Crippen LogP contribution in [0.3, 0.4) is 0 Å². The minimum Gasteiger partial charge on any atom is -0.507 e. The number of ether oxygens (including phenoxy) is 4. The predicted molar refractivity (Wildman–Crippen MR) is 230 cm³/mol. The Morgan fingerprint density at radius 1 is 0.345 bits per heavy atom. The van der Waals surface area contributed by atoms with Crippen LogP contribution in [0.4, 0.5) is 0 Å². The van der Waals surface area contributed by atoms with Gasteiger partial charge in [0.05, 0.1) is 79.0 Å². The molecule has 8 bridgehead atoms. The number of benzene rings is 4. The highest BCUT2D eigenvalue weighted by atomic mass is 16.5. The van der Waals surface area contributed by atoms with E-state index in [0.29, 0.717) is 136 Å². The van der Waals surface area contributed by atoms with Crippen molar-refractivity contribution in [2.45, 2.75) is 40.5 Å². The molecular weight excluding hydrogens is 737 g/mol. The van der Waals surface area contributed by atoms with Gasteiger partial charge in [0.1, 0.15) is 23.0 Å². The molecule has 1 heterocycles. The van der Waals surface area contributed by atoms with E-state index in [1.807, 2.05) is 76.2 Å². The maximum atomic E-state index is 11.1. The molecule has 4 N–H and O–H groups in total. The summed E-state index contributed by atoms with van der Waals surface area (Å²) in [6, 6.07) is 15.2. The number of aliphatic imine (C=N–C) groups is 4. The standard InChI is InChI=1S/C46H56N4O8/c1-31-17-35-25-36-18-32(2)22-40(44(36)52)28-48-6-10-57-15-16-58-12-8-50-30-42-24-34(4)20-38(46(42)54)26-37-19-33(3)23-41(45(37)53)29-49-7-11-56-14-13-55-9-5-47-27-39(21-31)43(35)51/h17-24,27-30,51-54H,5-16,25-26H2,1-4H3.